The van der Waals surface area contributed by atoms with Crippen molar-refractivity contribution in [3.63, 3.8) is 0 Å². The summed E-state index contributed by atoms with van der Waals surface area (Å²) in [5, 5.41) is 9.39. The Balaban J connectivity index is 1.72. The van der Waals surface area contributed by atoms with Gasteiger partial charge in [-0.1, -0.05) is 6.92 Å². The lowest BCUT2D eigenvalue weighted by Crippen LogP contribution is -2.28. The second kappa shape index (κ2) is 9.31. The van der Waals surface area contributed by atoms with E-state index in [1.165, 1.54) is 12.3 Å². The van der Waals surface area contributed by atoms with E-state index in [-0.39, 0.29) is 35.2 Å². The van der Waals surface area contributed by atoms with Gasteiger partial charge in [-0.25, -0.2) is 13.5 Å². The molecule has 2 atom stereocenters. The highest BCUT2D eigenvalue weighted by molar-refractivity contribution is 5.98. The molecule has 13 heteroatoms. The molecule has 2 amide bonds. The van der Waals surface area contributed by atoms with Crippen LogP contribution < -0.4 is 15.4 Å². The molecule has 4 rings (SSSR count). The first-order valence-corrected chi connectivity index (χ1v) is 10.3. The molecule has 0 spiro atoms. The number of alkyl halides is 3. The van der Waals surface area contributed by atoms with Gasteiger partial charge >= 0.3 is 6.18 Å². The molecule has 0 unspecified atom stereocenters. The molecule has 35 heavy (non-hydrogen) atoms. The van der Waals surface area contributed by atoms with E-state index in [4.69, 9.17) is 0 Å². The highest BCUT2D eigenvalue weighted by Crippen LogP contribution is 2.31. The van der Waals surface area contributed by atoms with Gasteiger partial charge in [0.05, 0.1) is 29.7 Å². The lowest BCUT2D eigenvalue weighted by molar-refractivity contribution is -0.153. The number of amides is 2. The lowest BCUT2D eigenvalue weighted by Gasteiger charge is -2.12. The summed E-state index contributed by atoms with van der Waals surface area (Å²) >= 11 is 0. The molecule has 3 heterocycles. The molecule has 1 aliphatic heterocycles. The minimum atomic E-state index is -4.63. The normalized spacial score (nSPS) is 17.8. The molecular weight excluding hydrogens is 477 g/mol. The summed E-state index contributed by atoms with van der Waals surface area (Å²) < 4.78 is 71.6. The van der Waals surface area contributed by atoms with E-state index in [0.717, 1.165) is 35.1 Å². The van der Waals surface area contributed by atoms with Crippen molar-refractivity contribution in [2.45, 2.75) is 13.1 Å². The Hall–Kier alpha value is -4.03. The van der Waals surface area contributed by atoms with Crippen LogP contribution in [0.25, 0.3) is 16.9 Å². The molecule has 8 nitrogen and oxygen atoms in total. The minimum Gasteiger partial charge on any atom is -0.484 e. The zero-order chi connectivity index (χ0) is 25.3. The Morgan fingerprint density at radius 1 is 1.17 bits per heavy atom. The van der Waals surface area contributed by atoms with E-state index in [9.17, 15) is 31.5 Å². The molecule has 1 aliphatic rings. The van der Waals surface area contributed by atoms with Crippen molar-refractivity contribution in [3.8, 4) is 22.7 Å². The SMILES string of the molecule is C[C@H]1C(=O)NC[C@@H]1C(=O)Nc1cc(-c2cc(F)cc(OCC(F)(F)F)c2)n(-c2cncc(F)c2)n1. The molecule has 0 radical (unpaired) electrons. The van der Waals surface area contributed by atoms with Crippen LogP contribution in [0.4, 0.5) is 27.8 Å². The van der Waals surface area contributed by atoms with E-state index in [1.807, 2.05) is 0 Å². The number of halogens is 5. The third kappa shape index (κ3) is 5.55. The van der Waals surface area contributed by atoms with Gasteiger partial charge in [-0.05, 0) is 12.1 Å². The van der Waals surface area contributed by atoms with E-state index < -0.39 is 47.9 Å². The molecular formula is C22H18F5N5O3. The number of hydrogen-bond acceptors (Lipinski definition) is 5. The first-order valence-electron chi connectivity index (χ1n) is 10.3. The number of benzene rings is 1. The van der Waals surface area contributed by atoms with Crippen molar-refractivity contribution >= 4 is 17.6 Å². The predicted molar refractivity (Wildman–Crippen MR) is 113 cm³/mol. The molecule has 2 N–H and O–H groups in total. The van der Waals surface area contributed by atoms with Gasteiger partial charge < -0.3 is 15.4 Å². The largest absolute Gasteiger partial charge is 0.484 e. The second-order valence-corrected chi connectivity index (χ2v) is 7.90. The Bertz CT molecular complexity index is 1280. The van der Waals surface area contributed by atoms with Gasteiger partial charge in [-0.2, -0.15) is 13.2 Å². The van der Waals surface area contributed by atoms with Crippen LogP contribution in [-0.4, -0.2) is 45.9 Å². The van der Waals surface area contributed by atoms with Crippen LogP contribution in [0.2, 0.25) is 0 Å². The van der Waals surface area contributed by atoms with Crippen molar-refractivity contribution in [2.24, 2.45) is 11.8 Å². The van der Waals surface area contributed by atoms with Crippen molar-refractivity contribution in [2.75, 3.05) is 18.5 Å². The van der Waals surface area contributed by atoms with Gasteiger partial charge in [0.2, 0.25) is 11.8 Å². The Morgan fingerprint density at radius 3 is 2.60 bits per heavy atom. The number of aromatic nitrogens is 3. The number of carbonyl (C=O) groups is 2. The summed E-state index contributed by atoms with van der Waals surface area (Å²) in [5.41, 5.74) is 0.261. The fourth-order valence-corrected chi connectivity index (χ4v) is 3.59. The summed E-state index contributed by atoms with van der Waals surface area (Å²) in [5.74, 6) is -4.00. The fourth-order valence-electron chi connectivity index (χ4n) is 3.59. The van der Waals surface area contributed by atoms with E-state index in [0.29, 0.717) is 0 Å². The standard InChI is InChI=1S/C22H18F5N5O3/c1-11-17(9-29-20(11)33)21(34)30-19-6-18(32(31-19)15-4-14(24)7-28-8-15)12-2-13(23)5-16(3-12)35-10-22(25,26)27/h2-8,11,17H,9-10H2,1H3,(H,29,33)(H,30,31,34)/t11-,17+/m1/s1. The van der Waals surface area contributed by atoms with E-state index in [2.05, 4.69) is 25.5 Å². The first kappa shape index (κ1) is 24.1. The van der Waals surface area contributed by atoms with Crippen LogP contribution in [0.3, 0.4) is 0 Å². The summed E-state index contributed by atoms with van der Waals surface area (Å²) in [7, 11) is 0. The number of hydrogen-bond donors (Lipinski definition) is 2. The molecule has 1 saturated heterocycles. The smallest absolute Gasteiger partial charge is 0.422 e. The van der Waals surface area contributed by atoms with Gasteiger partial charge in [-0.3, -0.25) is 14.6 Å². The van der Waals surface area contributed by atoms with Crippen LogP contribution in [-0.2, 0) is 9.59 Å². The zero-order valence-corrected chi connectivity index (χ0v) is 18.1. The lowest BCUT2D eigenvalue weighted by atomic mass is 9.97. The third-order valence-electron chi connectivity index (χ3n) is 5.32. The van der Waals surface area contributed by atoms with Crippen LogP contribution in [0.15, 0.2) is 42.7 Å². The molecule has 1 aromatic carbocycles. The van der Waals surface area contributed by atoms with E-state index in [1.54, 1.807) is 6.92 Å². The maximum absolute atomic E-state index is 14.3. The van der Waals surface area contributed by atoms with Crippen molar-refractivity contribution in [3.05, 3.63) is 54.4 Å². The Kier molecular flexibility index (Phi) is 6.41. The van der Waals surface area contributed by atoms with Crippen LogP contribution >= 0.6 is 0 Å². The predicted octanol–water partition coefficient (Wildman–Crippen LogP) is 3.47. The summed E-state index contributed by atoms with van der Waals surface area (Å²) in [6.45, 7) is 0.109. The molecule has 3 aromatic rings. The second-order valence-electron chi connectivity index (χ2n) is 7.90. The van der Waals surface area contributed by atoms with Crippen LogP contribution in [0.1, 0.15) is 6.92 Å². The number of nitrogens with one attached hydrogen (secondary N) is 2. The Labute approximate surface area is 195 Å². The number of pyridine rings is 1. The summed E-state index contributed by atoms with van der Waals surface area (Å²) in [4.78, 5) is 28.1. The molecule has 184 valence electrons. The maximum atomic E-state index is 14.3. The van der Waals surface area contributed by atoms with Crippen molar-refractivity contribution < 1.29 is 36.3 Å². The molecule has 0 saturated carbocycles. The van der Waals surface area contributed by atoms with Crippen molar-refractivity contribution in [1.82, 2.24) is 20.1 Å². The first-order chi connectivity index (χ1) is 16.5. The number of anilines is 1. The highest BCUT2D eigenvalue weighted by atomic mass is 19.4. The van der Waals surface area contributed by atoms with Gasteiger partial charge in [0.15, 0.2) is 12.4 Å². The number of carbonyl (C=O) groups excluding carboxylic acids is 2. The molecule has 0 aliphatic carbocycles. The third-order valence-corrected chi connectivity index (χ3v) is 5.32. The average Bonchev–Trinajstić information content (AvgIpc) is 3.35. The average molecular weight is 495 g/mol. The quantitative estimate of drug-likeness (QED) is 0.511. The van der Waals surface area contributed by atoms with Gasteiger partial charge in [-0.15, -0.1) is 5.10 Å². The highest BCUT2D eigenvalue weighted by Gasteiger charge is 2.36. The Morgan fingerprint density at radius 2 is 1.94 bits per heavy atom. The topological polar surface area (TPSA) is 98.1 Å². The van der Waals surface area contributed by atoms with Gasteiger partial charge in [0.25, 0.3) is 0 Å². The number of rotatable bonds is 6. The summed E-state index contributed by atoms with van der Waals surface area (Å²) in [6, 6.07) is 5.38. The monoisotopic (exact) mass is 495 g/mol. The summed E-state index contributed by atoms with van der Waals surface area (Å²) in [6.07, 6.45) is -2.42. The van der Waals surface area contributed by atoms with Crippen LogP contribution in [0, 0.1) is 23.5 Å². The zero-order valence-electron chi connectivity index (χ0n) is 18.1. The van der Waals surface area contributed by atoms with E-state index >= 15 is 0 Å². The van der Waals surface area contributed by atoms with Crippen LogP contribution in [0.5, 0.6) is 5.75 Å². The molecule has 2 aromatic heterocycles. The van der Waals surface area contributed by atoms with Gasteiger partial charge in [0, 0.05) is 36.2 Å². The van der Waals surface area contributed by atoms with Gasteiger partial charge in [0.1, 0.15) is 17.4 Å². The number of nitrogens with zero attached hydrogens (tertiary/aromatic N) is 3. The fraction of sp³-hybridized carbons (Fsp3) is 0.273. The van der Waals surface area contributed by atoms with Crippen molar-refractivity contribution in [1.29, 1.82) is 0 Å². The number of ether oxygens (including phenoxy) is 1. The minimum absolute atomic E-state index is 0.0113. The maximum Gasteiger partial charge on any atom is 0.422 e. The molecule has 0 bridgehead atoms. The molecule has 1 fully saturated rings.